The summed E-state index contributed by atoms with van der Waals surface area (Å²) in [6.45, 7) is 0. The number of rotatable bonds is 0. The molecule has 0 heterocycles. The van der Waals surface area contributed by atoms with Gasteiger partial charge in [-0.15, -0.1) is 0 Å². The Kier molecular flexibility index (Phi) is 280. The average Bonchev–Trinajstić information content (AvgIpc) is 0. The Hall–Kier alpha value is 2.72. The van der Waals surface area contributed by atoms with Gasteiger partial charge in [0.15, 0.2) is 0 Å². The van der Waals surface area contributed by atoms with E-state index in [1.165, 1.54) is 0 Å². The molecule has 0 aromatic rings. The molecule has 5 heteroatoms. The summed E-state index contributed by atoms with van der Waals surface area (Å²) in [6.07, 6.45) is 0. The molecule has 0 saturated heterocycles. The average molecular weight is 203 g/mol. The zero-order chi connectivity index (χ0) is 0. The molecule has 0 aliphatic carbocycles. The van der Waals surface area contributed by atoms with Gasteiger partial charge in [-0.05, 0) is 0 Å². The van der Waals surface area contributed by atoms with E-state index >= 15 is 0 Å². The van der Waals surface area contributed by atoms with Crippen molar-refractivity contribution < 1.29 is 70.1 Å². The zero-order valence-corrected chi connectivity index (χ0v) is 6.89. The second kappa shape index (κ2) is 29.7. The SMILES string of the molecule is [Na+].[Na+].[OH-].[OH-].[SnH4]. The summed E-state index contributed by atoms with van der Waals surface area (Å²) in [5.74, 6) is 0. The fraction of sp³-hybridized carbons (Fsp3) is 0. The molecule has 24 valence electrons. The predicted molar refractivity (Wildman–Crippen MR) is 15.2 cm³/mol. The summed E-state index contributed by atoms with van der Waals surface area (Å²) in [6, 6.07) is 0. The van der Waals surface area contributed by atoms with Crippen molar-refractivity contribution in [2.24, 2.45) is 0 Å². The van der Waals surface area contributed by atoms with E-state index in [4.69, 9.17) is 0 Å². The van der Waals surface area contributed by atoms with E-state index in [1.54, 1.807) is 0 Å². The van der Waals surface area contributed by atoms with Crippen LogP contribution in [0.5, 0.6) is 0 Å². The van der Waals surface area contributed by atoms with Crippen molar-refractivity contribution in [3.05, 3.63) is 0 Å². The first kappa shape index (κ1) is 47.1. The van der Waals surface area contributed by atoms with Crippen LogP contribution < -0.4 is 59.1 Å². The molecule has 2 N–H and O–H groups in total. The third kappa shape index (κ3) is 20.2. The second-order valence-corrected chi connectivity index (χ2v) is 0. The maximum atomic E-state index is 0. The van der Waals surface area contributed by atoms with Crippen molar-refractivity contribution >= 4 is 23.9 Å². The van der Waals surface area contributed by atoms with Crippen LogP contribution in [0.15, 0.2) is 0 Å². The van der Waals surface area contributed by atoms with Gasteiger partial charge in [-0.3, -0.25) is 0 Å². The van der Waals surface area contributed by atoms with E-state index in [9.17, 15) is 0 Å². The van der Waals surface area contributed by atoms with Crippen molar-refractivity contribution in [1.29, 1.82) is 0 Å². The van der Waals surface area contributed by atoms with Gasteiger partial charge in [-0.2, -0.15) is 0 Å². The summed E-state index contributed by atoms with van der Waals surface area (Å²) < 4.78 is 0. The monoisotopic (exact) mass is 204 g/mol. The van der Waals surface area contributed by atoms with Crippen molar-refractivity contribution in [3.63, 3.8) is 0 Å². The minimum atomic E-state index is 0. The molecule has 0 aromatic carbocycles. The summed E-state index contributed by atoms with van der Waals surface area (Å²) in [7, 11) is 0. The van der Waals surface area contributed by atoms with Crippen LogP contribution in [0.3, 0.4) is 0 Å². The molecular formula is H6Na2O2Sn. The van der Waals surface area contributed by atoms with Crippen LogP contribution in [0.25, 0.3) is 0 Å². The van der Waals surface area contributed by atoms with Gasteiger partial charge in [-0.1, -0.05) is 0 Å². The molecule has 0 aliphatic heterocycles. The van der Waals surface area contributed by atoms with Crippen LogP contribution in [-0.2, 0) is 0 Å². The van der Waals surface area contributed by atoms with E-state index in [2.05, 4.69) is 0 Å². The topological polar surface area (TPSA) is 60.0 Å². The molecule has 0 bridgehead atoms. The molecule has 0 aromatic heterocycles. The number of hydrogen-bond donors (Lipinski definition) is 0. The van der Waals surface area contributed by atoms with Crippen LogP contribution in [0.1, 0.15) is 0 Å². The van der Waals surface area contributed by atoms with Gasteiger partial charge in [-0.25, -0.2) is 0 Å². The third-order valence-electron chi connectivity index (χ3n) is 0. The molecule has 2 nitrogen and oxygen atoms in total. The first-order valence-corrected chi connectivity index (χ1v) is 0. The Bertz CT molecular complexity index is 7.61. The van der Waals surface area contributed by atoms with Crippen LogP contribution in [0, 0.1) is 0 Å². The maximum absolute atomic E-state index is 0. The summed E-state index contributed by atoms with van der Waals surface area (Å²) >= 11 is 0. The van der Waals surface area contributed by atoms with Crippen molar-refractivity contribution in [2.45, 2.75) is 0 Å². The summed E-state index contributed by atoms with van der Waals surface area (Å²) in [4.78, 5) is 0. The van der Waals surface area contributed by atoms with E-state index in [-0.39, 0.29) is 94.0 Å². The molecule has 0 fully saturated rings. The Labute approximate surface area is 92.2 Å². The fourth-order valence-corrected chi connectivity index (χ4v) is 0. The van der Waals surface area contributed by atoms with E-state index < -0.39 is 0 Å². The summed E-state index contributed by atoms with van der Waals surface area (Å²) in [5, 5.41) is 0. The van der Waals surface area contributed by atoms with E-state index in [0.29, 0.717) is 0 Å². The van der Waals surface area contributed by atoms with Gasteiger partial charge in [0.05, 0.1) is 0 Å². The molecule has 0 spiro atoms. The van der Waals surface area contributed by atoms with Gasteiger partial charge in [0.1, 0.15) is 0 Å². The molecule has 0 aliphatic rings. The van der Waals surface area contributed by atoms with Gasteiger partial charge in [0.2, 0.25) is 0 Å². The van der Waals surface area contributed by atoms with E-state index in [1.807, 2.05) is 0 Å². The predicted octanol–water partition coefficient (Wildman–Crippen LogP) is -7.80. The first-order valence-electron chi connectivity index (χ1n) is 0. The Morgan fingerprint density at radius 2 is 0.600 bits per heavy atom. The minimum absolute atomic E-state index is 0. The normalized spacial score (nSPS) is 0. The van der Waals surface area contributed by atoms with Crippen LogP contribution in [0.4, 0.5) is 0 Å². The van der Waals surface area contributed by atoms with Crippen molar-refractivity contribution in [3.8, 4) is 0 Å². The van der Waals surface area contributed by atoms with Crippen LogP contribution >= 0.6 is 0 Å². The Balaban J connectivity index is 0. The molecule has 0 rings (SSSR count). The van der Waals surface area contributed by atoms with Crippen LogP contribution in [0.2, 0.25) is 0 Å². The van der Waals surface area contributed by atoms with Gasteiger partial charge in [0.25, 0.3) is 0 Å². The fourth-order valence-electron chi connectivity index (χ4n) is 0. The van der Waals surface area contributed by atoms with Gasteiger partial charge < -0.3 is 11.0 Å². The standard InChI is InChI=1S/2Na.2H2O.Sn.4H/h;;2*1H2;;;;;/q2*+1;;;;;;;/p-2. The molecular weight excluding hydrogens is 197 g/mol. The molecule has 0 amide bonds. The molecule has 0 radical (unpaired) electrons. The van der Waals surface area contributed by atoms with Crippen molar-refractivity contribution in [1.82, 2.24) is 0 Å². The Morgan fingerprint density at radius 1 is 0.600 bits per heavy atom. The first-order chi connectivity index (χ1) is 0. The molecule has 0 unspecified atom stereocenters. The Morgan fingerprint density at radius 3 is 0.600 bits per heavy atom. The third-order valence-corrected chi connectivity index (χ3v) is 0. The van der Waals surface area contributed by atoms with Gasteiger partial charge >= 0.3 is 83.0 Å². The quantitative estimate of drug-likeness (QED) is 0.367. The second-order valence-electron chi connectivity index (χ2n) is 0. The molecule has 0 saturated carbocycles. The van der Waals surface area contributed by atoms with Gasteiger partial charge in [0, 0.05) is 0 Å². The van der Waals surface area contributed by atoms with Crippen molar-refractivity contribution in [2.75, 3.05) is 0 Å². The number of hydrogen-bond acceptors (Lipinski definition) is 2. The van der Waals surface area contributed by atoms with Crippen LogP contribution in [-0.4, -0.2) is 34.9 Å². The summed E-state index contributed by atoms with van der Waals surface area (Å²) in [5.41, 5.74) is 0. The molecule has 5 heavy (non-hydrogen) atoms. The zero-order valence-electron chi connectivity index (χ0n) is 2.89. The van der Waals surface area contributed by atoms with E-state index in [0.717, 1.165) is 0 Å². The molecule has 0 atom stereocenters.